The molecule has 2 heterocycles. The molecule has 0 bridgehead atoms. The summed E-state index contributed by atoms with van der Waals surface area (Å²) in [6, 6.07) is 13.1. The minimum atomic E-state index is 0.535. The molecule has 5 heteroatoms. The zero-order valence-electron chi connectivity index (χ0n) is 16.0. The highest BCUT2D eigenvalue weighted by Crippen LogP contribution is 2.30. The molecule has 0 N–H and O–H groups in total. The largest absolute Gasteiger partial charge is 0.281 e. The van der Waals surface area contributed by atoms with E-state index in [9.17, 15) is 0 Å². The van der Waals surface area contributed by atoms with Crippen LogP contribution in [-0.4, -0.2) is 20.5 Å². The standard InChI is InChI=1S/C22H23BrN4/c1-4-14-7-9-17(15(5-2)11-14)22-18-12-16(23)8-10-19(18)27-20(6-3)25-26-21(27)13-24-22/h7-12H,4-6,13H2,1-3H3. The molecule has 138 valence electrons. The molecule has 4 rings (SSSR count). The minimum absolute atomic E-state index is 0.535. The number of fused-ring (bicyclic) bond motifs is 3. The summed E-state index contributed by atoms with van der Waals surface area (Å²) in [6.45, 7) is 7.05. The Morgan fingerprint density at radius 1 is 0.926 bits per heavy atom. The molecule has 1 aromatic heterocycles. The Kier molecular flexibility index (Phi) is 4.96. The van der Waals surface area contributed by atoms with Gasteiger partial charge in [0.25, 0.3) is 0 Å². The van der Waals surface area contributed by atoms with E-state index in [2.05, 4.69) is 87.9 Å². The molecule has 0 atom stereocenters. The van der Waals surface area contributed by atoms with Gasteiger partial charge in [-0.25, -0.2) is 0 Å². The monoisotopic (exact) mass is 422 g/mol. The van der Waals surface area contributed by atoms with Crippen molar-refractivity contribution in [2.45, 2.75) is 46.6 Å². The van der Waals surface area contributed by atoms with Crippen LogP contribution in [0.25, 0.3) is 5.69 Å². The lowest BCUT2D eigenvalue weighted by molar-refractivity contribution is 0.839. The first-order valence-corrected chi connectivity index (χ1v) is 10.4. The average Bonchev–Trinajstić information content (AvgIpc) is 3.04. The molecular formula is C22H23BrN4. The van der Waals surface area contributed by atoms with Crippen molar-refractivity contribution in [1.29, 1.82) is 0 Å². The maximum Gasteiger partial charge on any atom is 0.159 e. The van der Waals surface area contributed by atoms with Crippen LogP contribution in [0.5, 0.6) is 0 Å². The van der Waals surface area contributed by atoms with Crippen molar-refractivity contribution in [3.05, 3.63) is 74.8 Å². The lowest BCUT2D eigenvalue weighted by Gasteiger charge is -2.16. The zero-order valence-corrected chi connectivity index (χ0v) is 17.5. The summed E-state index contributed by atoms with van der Waals surface area (Å²) in [6.07, 6.45) is 2.86. The number of benzene rings is 2. The third-order valence-electron chi connectivity index (χ3n) is 5.16. The average molecular weight is 423 g/mol. The van der Waals surface area contributed by atoms with E-state index in [0.29, 0.717) is 6.54 Å². The molecule has 0 radical (unpaired) electrons. The predicted octanol–water partition coefficient (Wildman–Crippen LogP) is 5.07. The lowest BCUT2D eigenvalue weighted by atomic mass is 9.93. The van der Waals surface area contributed by atoms with E-state index in [1.54, 1.807) is 0 Å². The van der Waals surface area contributed by atoms with Crippen LogP contribution >= 0.6 is 15.9 Å². The van der Waals surface area contributed by atoms with Gasteiger partial charge in [0.15, 0.2) is 5.82 Å². The zero-order chi connectivity index (χ0) is 19.0. The molecule has 3 aromatic rings. The van der Waals surface area contributed by atoms with Crippen LogP contribution in [-0.2, 0) is 25.8 Å². The van der Waals surface area contributed by atoms with Crippen molar-refractivity contribution in [1.82, 2.24) is 14.8 Å². The van der Waals surface area contributed by atoms with Crippen LogP contribution in [0.4, 0.5) is 0 Å². The molecule has 2 aromatic carbocycles. The van der Waals surface area contributed by atoms with Crippen LogP contribution in [0, 0.1) is 0 Å². The Bertz CT molecular complexity index is 1030. The van der Waals surface area contributed by atoms with Crippen molar-refractivity contribution in [3.8, 4) is 5.69 Å². The summed E-state index contributed by atoms with van der Waals surface area (Å²) in [5.41, 5.74) is 7.19. The molecule has 27 heavy (non-hydrogen) atoms. The minimum Gasteiger partial charge on any atom is -0.281 e. The van der Waals surface area contributed by atoms with Gasteiger partial charge in [0.1, 0.15) is 12.4 Å². The summed E-state index contributed by atoms with van der Waals surface area (Å²) in [4.78, 5) is 5.00. The van der Waals surface area contributed by atoms with E-state index in [4.69, 9.17) is 4.99 Å². The molecule has 4 nitrogen and oxygen atoms in total. The third-order valence-corrected chi connectivity index (χ3v) is 5.65. The molecule has 0 aliphatic carbocycles. The SMILES string of the molecule is CCc1ccc(C2=NCc3nnc(CC)n3-c3ccc(Br)cc32)c(CC)c1. The second kappa shape index (κ2) is 7.39. The quantitative estimate of drug-likeness (QED) is 0.588. The topological polar surface area (TPSA) is 43.1 Å². The number of nitrogens with zero attached hydrogens (tertiary/aromatic N) is 4. The van der Waals surface area contributed by atoms with Crippen molar-refractivity contribution >= 4 is 21.6 Å². The summed E-state index contributed by atoms with van der Waals surface area (Å²) in [7, 11) is 0. The van der Waals surface area contributed by atoms with Crippen LogP contribution in [0.1, 0.15) is 54.7 Å². The molecule has 0 fully saturated rings. The van der Waals surface area contributed by atoms with E-state index < -0.39 is 0 Å². The first kappa shape index (κ1) is 18.1. The second-order valence-electron chi connectivity index (χ2n) is 6.75. The molecule has 1 aliphatic rings. The van der Waals surface area contributed by atoms with Gasteiger partial charge in [-0.3, -0.25) is 9.56 Å². The summed E-state index contributed by atoms with van der Waals surface area (Å²) >= 11 is 3.65. The fourth-order valence-electron chi connectivity index (χ4n) is 3.71. The molecule has 0 saturated carbocycles. The van der Waals surface area contributed by atoms with Gasteiger partial charge in [-0.1, -0.05) is 54.9 Å². The van der Waals surface area contributed by atoms with Gasteiger partial charge in [-0.05, 0) is 42.2 Å². The number of aryl methyl sites for hydroxylation is 3. The number of rotatable bonds is 4. The van der Waals surface area contributed by atoms with Crippen LogP contribution in [0.3, 0.4) is 0 Å². The highest BCUT2D eigenvalue weighted by Gasteiger charge is 2.23. The number of aliphatic imine (C=N–C) groups is 1. The van der Waals surface area contributed by atoms with Gasteiger partial charge in [0.2, 0.25) is 0 Å². The van der Waals surface area contributed by atoms with Crippen LogP contribution in [0.15, 0.2) is 45.9 Å². The van der Waals surface area contributed by atoms with Crippen molar-refractivity contribution in [2.24, 2.45) is 4.99 Å². The summed E-state index contributed by atoms with van der Waals surface area (Å²) in [5.74, 6) is 1.87. The molecule has 0 saturated heterocycles. The van der Waals surface area contributed by atoms with E-state index in [1.807, 2.05) is 0 Å². The van der Waals surface area contributed by atoms with E-state index in [1.165, 1.54) is 16.7 Å². The normalized spacial score (nSPS) is 13.0. The Balaban J connectivity index is 1.96. The summed E-state index contributed by atoms with van der Waals surface area (Å²) < 4.78 is 3.22. The Hall–Kier alpha value is -2.27. The molecule has 1 aliphatic heterocycles. The smallest absolute Gasteiger partial charge is 0.159 e. The molecule has 0 amide bonds. The molecular weight excluding hydrogens is 400 g/mol. The summed E-state index contributed by atoms with van der Waals surface area (Å²) in [5, 5.41) is 8.77. The highest BCUT2D eigenvalue weighted by molar-refractivity contribution is 9.10. The van der Waals surface area contributed by atoms with Gasteiger partial charge >= 0.3 is 0 Å². The maximum atomic E-state index is 5.00. The van der Waals surface area contributed by atoms with Crippen molar-refractivity contribution in [3.63, 3.8) is 0 Å². The third kappa shape index (κ3) is 3.14. The fraction of sp³-hybridized carbons (Fsp3) is 0.318. The first-order chi connectivity index (χ1) is 13.2. The Morgan fingerprint density at radius 3 is 2.52 bits per heavy atom. The molecule has 0 unspecified atom stereocenters. The van der Waals surface area contributed by atoms with E-state index >= 15 is 0 Å². The Labute approximate surface area is 168 Å². The van der Waals surface area contributed by atoms with Gasteiger partial charge in [-0.15, -0.1) is 10.2 Å². The Morgan fingerprint density at radius 2 is 1.78 bits per heavy atom. The van der Waals surface area contributed by atoms with Gasteiger partial charge in [0.05, 0.1) is 11.4 Å². The van der Waals surface area contributed by atoms with E-state index in [0.717, 1.165) is 52.3 Å². The van der Waals surface area contributed by atoms with Crippen molar-refractivity contribution in [2.75, 3.05) is 0 Å². The molecule has 0 spiro atoms. The number of aromatic nitrogens is 3. The van der Waals surface area contributed by atoms with Crippen LogP contribution < -0.4 is 0 Å². The predicted molar refractivity (Wildman–Crippen MR) is 113 cm³/mol. The fourth-order valence-corrected chi connectivity index (χ4v) is 4.07. The van der Waals surface area contributed by atoms with Crippen molar-refractivity contribution < 1.29 is 0 Å². The van der Waals surface area contributed by atoms with Gasteiger partial charge < -0.3 is 0 Å². The highest BCUT2D eigenvalue weighted by atomic mass is 79.9. The van der Waals surface area contributed by atoms with Crippen LogP contribution in [0.2, 0.25) is 0 Å². The lowest BCUT2D eigenvalue weighted by Crippen LogP contribution is -2.11. The maximum absolute atomic E-state index is 5.00. The van der Waals surface area contributed by atoms with E-state index in [-0.39, 0.29) is 0 Å². The second-order valence-corrected chi connectivity index (χ2v) is 7.66. The number of halogens is 1. The first-order valence-electron chi connectivity index (χ1n) is 9.56. The van der Waals surface area contributed by atoms with Gasteiger partial charge in [-0.2, -0.15) is 0 Å². The number of hydrogen-bond donors (Lipinski definition) is 0. The van der Waals surface area contributed by atoms with Gasteiger partial charge in [0, 0.05) is 22.0 Å². The number of hydrogen-bond acceptors (Lipinski definition) is 3.